The zero-order valence-electron chi connectivity index (χ0n) is 10.4. The van der Waals surface area contributed by atoms with Crippen molar-refractivity contribution in [2.75, 3.05) is 0 Å². The van der Waals surface area contributed by atoms with E-state index in [1.54, 1.807) is 0 Å². The van der Waals surface area contributed by atoms with Gasteiger partial charge in [0.15, 0.2) is 0 Å². The van der Waals surface area contributed by atoms with Gasteiger partial charge in [-0.25, -0.2) is 8.78 Å². The van der Waals surface area contributed by atoms with Gasteiger partial charge in [0, 0.05) is 24.2 Å². The van der Waals surface area contributed by atoms with E-state index in [4.69, 9.17) is 10.5 Å². The number of hydrogen-bond acceptors (Lipinski definition) is 2. The average Bonchev–Trinajstić information content (AvgIpc) is 2.28. The Morgan fingerprint density at radius 2 is 1.56 bits per heavy atom. The normalized spacial score (nSPS) is 25.3. The lowest BCUT2D eigenvalue weighted by Crippen LogP contribution is -2.39. The van der Waals surface area contributed by atoms with Gasteiger partial charge >= 0.3 is 0 Å². The third-order valence-corrected chi connectivity index (χ3v) is 3.38. The summed E-state index contributed by atoms with van der Waals surface area (Å²) in [5.74, 6) is -1.01. The number of benzene rings is 1. The first-order valence-electron chi connectivity index (χ1n) is 6.53. The molecular formula is C14H19F2NO. The molecule has 1 fully saturated rings. The van der Waals surface area contributed by atoms with Crippen molar-refractivity contribution in [3.05, 3.63) is 29.8 Å². The van der Waals surface area contributed by atoms with Crippen molar-refractivity contribution in [3.8, 4) is 5.75 Å². The van der Waals surface area contributed by atoms with E-state index in [2.05, 4.69) is 0 Å². The van der Waals surface area contributed by atoms with Crippen molar-refractivity contribution in [1.82, 2.24) is 0 Å². The maximum atomic E-state index is 13.1. The van der Waals surface area contributed by atoms with Crippen molar-refractivity contribution < 1.29 is 13.5 Å². The van der Waals surface area contributed by atoms with Crippen LogP contribution in [0.5, 0.6) is 5.75 Å². The summed E-state index contributed by atoms with van der Waals surface area (Å²) < 4.78 is 31.8. The molecule has 0 spiro atoms. The van der Waals surface area contributed by atoms with E-state index in [0.29, 0.717) is 0 Å². The van der Waals surface area contributed by atoms with E-state index in [-0.39, 0.29) is 17.9 Å². The van der Waals surface area contributed by atoms with Gasteiger partial charge in [-0.2, -0.15) is 0 Å². The molecule has 2 unspecified atom stereocenters. The molecule has 1 aromatic carbocycles. The van der Waals surface area contributed by atoms with E-state index < -0.39 is 11.6 Å². The smallest absolute Gasteiger partial charge is 0.129 e. The van der Waals surface area contributed by atoms with Crippen LogP contribution in [-0.2, 0) is 0 Å². The number of rotatable bonds is 2. The van der Waals surface area contributed by atoms with Crippen LogP contribution in [-0.4, -0.2) is 12.1 Å². The van der Waals surface area contributed by atoms with Crippen molar-refractivity contribution in [2.45, 2.75) is 50.7 Å². The number of ether oxygens (including phenoxy) is 1. The van der Waals surface area contributed by atoms with Crippen LogP contribution in [0.3, 0.4) is 0 Å². The van der Waals surface area contributed by atoms with E-state index in [0.717, 1.165) is 31.7 Å². The van der Waals surface area contributed by atoms with E-state index >= 15 is 0 Å². The van der Waals surface area contributed by atoms with Crippen molar-refractivity contribution in [1.29, 1.82) is 0 Å². The summed E-state index contributed by atoms with van der Waals surface area (Å²) in [6, 6.07) is 3.19. The molecule has 18 heavy (non-hydrogen) atoms. The molecule has 0 heterocycles. The molecule has 1 aliphatic rings. The van der Waals surface area contributed by atoms with Crippen LogP contribution in [0.15, 0.2) is 18.2 Å². The highest BCUT2D eigenvalue weighted by Gasteiger charge is 2.21. The van der Waals surface area contributed by atoms with Gasteiger partial charge < -0.3 is 10.5 Å². The fourth-order valence-electron chi connectivity index (χ4n) is 2.40. The fraction of sp³-hybridized carbons (Fsp3) is 0.571. The number of nitrogens with two attached hydrogens (primary N) is 1. The zero-order chi connectivity index (χ0) is 13.0. The lowest BCUT2D eigenvalue weighted by molar-refractivity contribution is 0.144. The molecule has 1 aliphatic carbocycles. The molecule has 0 saturated heterocycles. The Balaban J connectivity index is 2.05. The van der Waals surface area contributed by atoms with Crippen LogP contribution in [0, 0.1) is 11.6 Å². The SMILES string of the molecule is NC1CCCCCCC1Oc1cc(F)cc(F)c1. The van der Waals surface area contributed by atoms with Crippen LogP contribution in [0.25, 0.3) is 0 Å². The van der Waals surface area contributed by atoms with Crippen LogP contribution in [0.1, 0.15) is 38.5 Å². The summed E-state index contributed by atoms with van der Waals surface area (Å²) in [5.41, 5.74) is 6.06. The van der Waals surface area contributed by atoms with Crippen molar-refractivity contribution in [2.24, 2.45) is 5.73 Å². The molecule has 0 radical (unpaired) electrons. The monoisotopic (exact) mass is 255 g/mol. The average molecular weight is 255 g/mol. The molecular weight excluding hydrogens is 236 g/mol. The van der Waals surface area contributed by atoms with Gasteiger partial charge in [0.25, 0.3) is 0 Å². The predicted molar refractivity (Wildman–Crippen MR) is 66.5 cm³/mol. The van der Waals surface area contributed by atoms with Gasteiger partial charge in [-0.1, -0.05) is 19.3 Å². The third kappa shape index (κ3) is 3.67. The molecule has 0 bridgehead atoms. The van der Waals surface area contributed by atoms with Gasteiger partial charge in [0.2, 0.25) is 0 Å². The first-order valence-corrected chi connectivity index (χ1v) is 6.53. The standard InChI is InChI=1S/C14H19F2NO/c15-10-7-11(16)9-12(8-10)18-14-6-4-2-1-3-5-13(14)17/h7-9,13-14H,1-6,17H2. The molecule has 0 amide bonds. The molecule has 4 heteroatoms. The Hall–Kier alpha value is -1.16. The third-order valence-electron chi connectivity index (χ3n) is 3.38. The Labute approximate surface area is 106 Å². The molecule has 2 nitrogen and oxygen atoms in total. The lowest BCUT2D eigenvalue weighted by Gasteiger charge is -2.27. The minimum Gasteiger partial charge on any atom is -0.489 e. The van der Waals surface area contributed by atoms with Crippen LogP contribution >= 0.6 is 0 Å². The van der Waals surface area contributed by atoms with E-state index in [1.807, 2.05) is 0 Å². The predicted octanol–water partition coefficient (Wildman–Crippen LogP) is 3.39. The highest BCUT2D eigenvalue weighted by molar-refractivity contribution is 5.24. The Kier molecular flexibility index (Phi) is 4.53. The van der Waals surface area contributed by atoms with Gasteiger partial charge in [-0.05, 0) is 19.3 Å². The summed E-state index contributed by atoms with van der Waals surface area (Å²) in [5, 5.41) is 0. The first-order chi connectivity index (χ1) is 8.65. The first kappa shape index (κ1) is 13.3. The highest BCUT2D eigenvalue weighted by atomic mass is 19.1. The van der Waals surface area contributed by atoms with Crippen LogP contribution in [0.2, 0.25) is 0 Å². The molecule has 1 aromatic rings. The molecule has 0 aromatic heterocycles. The molecule has 2 atom stereocenters. The van der Waals surface area contributed by atoms with E-state index in [9.17, 15) is 8.78 Å². The largest absolute Gasteiger partial charge is 0.489 e. The minimum atomic E-state index is -0.621. The Morgan fingerprint density at radius 3 is 2.22 bits per heavy atom. The second-order valence-electron chi connectivity index (χ2n) is 4.92. The number of hydrogen-bond donors (Lipinski definition) is 1. The number of halogens is 2. The van der Waals surface area contributed by atoms with Gasteiger partial charge in [-0.3, -0.25) is 0 Å². The lowest BCUT2D eigenvalue weighted by atomic mass is 9.95. The van der Waals surface area contributed by atoms with E-state index in [1.165, 1.54) is 25.0 Å². The maximum absolute atomic E-state index is 13.1. The molecule has 100 valence electrons. The molecule has 2 rings (SSSR count). The summed E-state index contributed by atoms with van der Waals surface area (Å²) in [6.07, 6.45) is 6.13. The Bertz CT molecular complexity index is 377. The molecule has 1 saturated carbocycles. The van der Waals surface area contributed by atoms with Gasteiger partial charge in [-0.15, -0.1) is 0 Å². The maximum Gasteiger partial charge on any atom is 0.129 e. The van der Waals surface area contributed by atoms with Crippen LogP contribution < -0.4 is 10.5 Å². The second kappa shape index (κ2) is 6.14. The minimum absolute atomic E-state index is 0.0587. The highest BCUT2D eigenvalue weighted by Crippen LogP contribution is 2.23. The second-order valence-corrected chi connectivity index (χ2v) is 4.92. The molecule has 0 aliphatic heterocycles. The van der Waals surface area contributed by atoms with Gasteiger partial charge in [0.05, 0.1) is 0 Å². The van der Waals surface area contributed by atoms with Crippen molar-refractivity contribution >= 4 is 0 Å². The summed E-state index contributed by atoms with van der Waals surface area (Å²) in [7, 11) is 0. The summed E-state index contributed by atoms with van der Waals surface area (Å²) >= 11 is 0. The summed E-state index contributed by atoms with van der Waals surface area (Å²) in [4.78, 5) is 0. The van der Waals surface area contributed by atoms with Crippen LogP contribution in [0.4, 0.5) is 8.78 Å². The van der Waals surface area contributed by atoms with Gasteiger partial charge in [0.1, 0.15) is 23.5 Å². The topological polar surface area (TPSA) is 35.2 Å². The molecule has 2 N–H and O–H groups in total. The zero-order valence-corrected chi connectivity index (χ0v) is 10.4. The van der Waals surface area contributed by atoms with Crippen molar-refractivity contribution in [3.63, 3.8) is 0 Å². The fourth-order valence-corrected chi connectivity index (χ4v) is 2.40. The Morgan fingerprint density at radius 1 is 0.944 bits per heavy atom. The summed E-state index contributed by atoms with van der Waals surface area (Å²) in [6.45, 7) is 0. The quantitative estimate of drug-likeness (QED) is 0.879.